The van der Waals surface area contributed by atoms with Crippen LogP contribution in [0.2, 0.25) is 5.15 Å². The van der Waals surface area contributed by atoms with Gasteiger partial charge in [0.05, 0.1) is 6.10 Å². The number of hydrogen-bond acceptors (Lipinski definition) is 5. The monoisotopic (exact) mass is 388 g/mol. The summed E-state index contributed by atoms with van der Waals surface area (Å²) in [7, 11) is 0. The SMILES string of the molecule is CC(C)Oc1nn(-c2ncc(C3CC3)cn2)c(Cl)c1Oc1ccccc1F. The summed E-state index contributed by atoms with van der Waals surface area (Å²) in [5, 5.41) is 4.43. The number of aromatic nitrogens is 4. The summed E-state index contributed by atoms with van der Waals surface area (Å²) in [6.07, 6.45) is 5.71. The van der Waals surface area contributed by atoms with E-state index < -0.39 is 5.82 Å². The Balaban J connectivity index is 1.72. The van der Waals surface area contributed by atoms with Crippen molar-refractivity contribution in [2.24, 2.45) is 0 Å². The summed E-state index contributed by atoms with van der Waals surface area (Å²) in [6, 6.07) is 6.05. The number of benzene rings is 1. The predicted octanol–water partition coefficient (Wildman–Crippen LogP) is 4.91. The van der Waals surface area contributed by atoms with E-state index in [0.717, 1.165) is 18.4 Å². The molecule has 1 aromatic carbocycles. The van der Waals surface area contributed by atoms with Crippen LogP contribution in [0.1, 0.15) is 38.2 Å². The number of para-hydroxylation sites is 1. The molecule has 0 atom stereocenters. The molecule has 0 unspecified atom stereocenters. The molecule has 1 fully saturated rings. The zero-order chi connectivity index (χ0) is 19.0. The first kappa shape index (κ1) is 17.7. The van der Waals surface area contributed by atoms with E-state index >= 15 is 0 Å². The van der Waals surface area contributed by atoms with Gasteiger partial charge in [0, 0.05) is 12.4 Å². The van der Waals surface area contributed by atoms with Crippen molar-refractivity contribution in [1.82, 2.24) is 19.7 Å². The van der Waals surface area contributed by atoms with Crippen LogP contribution in [0.3, 0.4) is 0 Å². The van der Waals surface area contributed by atoms with Crippen molar-refractivity contribution in [1.29, 1.82) is 0 Å². The second kappa shape index (κ2) is 7.15. The van der Waals surface area contributed by atoms with E-state index in [4.69, 9.17) is 21.1 Å². The lowest BCUT2D eigenvalue weighted by molar-refractivity contribution is 0.223. The minimum Gasteiger partial charge on any atom is -0.471 e. The van der Waals surface area contributed by atoms with E-state index in [1.54, 1.807) is 24.5 Å². The van der Waals surface area contributed by atoms with E-state index in [-0.39, 0.29) is 28.6 Å². The Bertz CT molecular complexity index is 955. The molecule has 1 aliphatic rings. The minimum absolute atomic E-state index is 0.0255. The Morgan fingerprint density at radius 1 is 1.19 bits per heavy atom. The molecule has 140 valence electrons. The van der Waals surface area contributed by atoms with Crippen LogP contribution in [0.15, 0.2) is 36.7 Å². The number of rotatable bonds is 6. The van der Waals surface area contributed by atoms with Crippen LogP contribution in [0, 0.1) is 5.82 Å². The smallest absolute Gasteiger partial charge is 0.279 e. The van der Waals surface area contributed by atoms with Gasteiger partial charge < -0.3 is 9.47 Å². The number of halogens is 2. The molecule has 3 aromatic rings. The lowest BCUT2D eigenvalue weighted by atomic mass is 10.2. The van der Waals surface area contributed by atoms with Gasteiger partial charge >= 0.3 is 0 Å². The highest BCUT2D eigenvalue weighted by Gasteiger charge is 2.26. The average molecular weight is 389 g/mol. The Morgan fingerprint density at radius 2 is 1.89 bits per heavy atom. The topological polar surface area (TPSA) is 62.1 Å². The van der Waals surface area contributed by atoms with E-state index in [0.29, 0.717) is 11.9 Å². The Morgan fingerprint density at radius 3 is 2.52 bits per heavy atom. The molecule has 0 radical (unpaired) electrons. The van der Waals surface area contributed by atoms with Crippen LogP contribution in [0.5, 0.6) is 17.4 Å². The van der Waals surface area contributed by atoms with Gasteiger partial charge in [0.2, 0.25) is 5.75 Å². The summed E-state index contributed by atoms with van der Waals surface area (Å²) in [5.41, 5.74) is 1.10. The summed E-state index contributed by atoms with van der Waals surface area (Å²) < 4.78 is 26.7. The Labute approximate surface area is 160 Å². The van der Waals surface area contributed by atoms with Gasteiger partial charge in [-0.3, -0.25) is 0 Å². The molecule has 0 spiro atoms. The second-order valence-electron chi connectivity index (χ2n) is 6.63. The first-order valence-corrected chi connectivity index (χ1v) is 9.10. The third-order valence-electron chi connectivity index (χ3n) is 4.05. The third-order valence-corrected chi connectivity index (χ3v) is 4.38. The van der Waals surface area contributed by atoms with E-state index in [2.05, 4.69) is 15.1 Å². The van der Waals surface area contributed by atoms with Gasteiger partial charge in [0.15, 0.2) is 16.7 Å². The fraction of sp³-hybridized carbons (Fsp3) is 0.316. The summed E-state index contributed by atoms with van der Waals surface area (Å²) >= 11 is 6.46. The molecule has 27 heavy (non-hydrogen) atoms. The molecule has 1 aliphatic carbocycles. The minimum atomic E-state index is -0.512. The fourth-order valence-electron chi connectivity index (χ4n) is 2.59. The van der Waals surface area contributed by atoms with Crippen LogP contribution >= 0.6 is 11.6 Å². The van der Waals surface area contributed by atoms with Crippen molar-refractivity contribution in [2.75, 3.05) is 0 Å². The van der Waals surface area contributed by atoms with Gasteiger partial charge in [0.1, 0.15) is 0 Å². The average Bonchev–Trinajstić information content (AvgIpc) is 3.45. The zero-order valence-corrected chi connectivity index (χ0v) is 15.7. The van der Waals surface area contributed by atoms with Gasteiger partial charge in [-0.05, 0) is 50.3 Å². The van der Waals surface area contributed by atoms with E-state index in [1.807, 2.05) is 13.8 Å². The van der Waals surface area contributed by atoms with Crippen molar-refractivity contribution >= 4 is 11.6 Å². The highest BCUT2D eigenvalue weighted by Crippen LogP contribution is 2.41. The highest BCUT2D eigenvalue weighted by molar-refractivity contribution is 6.31. The lowest BCUT2D eigenvalue weighted by Gasteiger charge is -2.10. The quantitative estimate of drug-likeness (QED) is 0.600. The van der Waals surface area contributed by atoms with Crippen molar-refractivity contribution in [2.45, 2.75) is 38.7 Å². The van der Waals surface area contributed by atoms with Gasteiger partial charge in [-0.1, -0.05) is 23.7 Å². The molecular formula is C19H18ClFN4O2. The highest BCUT2D eigenvalue weighted by atomic mass is 35.5. The molecule has 0 aliphatic heterocycles. The van der Waals surface area contributed by atoms with Gasteiger partial charge in [-0.2, -0.15) is 4.68 Å². The zero-order valence-electron chi connectivity index (χ0n) is 14.9. The Kier molecular flexibility index (Phi) is 4.70. The maximum absolute atomic E-state index is 14.0. The van der Waals surface area contributed by atoms with Crippen molar-refractivity contribution in [3.63, 3.8) is 0 Å². The molecule has 2 aromatic heterocycles. The van der Waals surface area contributed by atoms with Crippen molar-refractivity contribution in [3.8, 4) is 23.3 Å². The predicted molar refractivity (Wildman–Crippen MR) is 98.4 cm³/mol. The maximum Gasteiger partial charge on any atom is 0.279 e. The first-order chi connectivity index (χ1) is 13.0. The number of ether oxygens (including phenoxy) is 2. The van der Waals surface area contributed by atoms with Gasteiger partial charge in [-0.15, -0.1) is 5.10 Å². The molecule has 8 heteroatoms. The fourth-order valence-corrected chi connectivity index (χ4v) is 2.82. The molecule has 0 saturated heterocycles. The molecule has 1 saturated carbocycles. The van der Waals surface area contributed by atoms with Gasteiger partial charge in [0.25, 0.3) is 11.8 Å². The molecule has 0 N–H and O–H groups in total. The Hall–Kier alpha value is -2.67. The van der Waals surface area contributed by atoms with Crippen molar-refractivity contribution in [3.05, 3.63) is 53.2 Å². The van der Waals surface area contributed by atoms with Crippen LogP contribution in [0.25, 0.3) is 5.95 Å². The van der Waals surface area contributed by atoms with E-state index in [9.17, 15) is 4.39 Å². The molecule has 2 heterocycles. The normalized spacial score (nSPS) is 13.8. The number of nitrogens with zero attached hydrogens (tertiary/aromatic N) is 4. The maximum atomic E-state index is 14.0. The third kappa shape index (κ3) is 3.73. The molecule has 0 bridgehead atoms. The van der Waals surface area contributed by atoms with Crippen LogP contribution in [-0.4, -0.2) is 25.9 Å². The summed E-state index contributed by atoms with van der Waals surface area (Å²) in [5.74, 6) is 0.617. The van der Waals surface area contributed by atoms with Crippen LogP contribution < -0.4 is 9.47 Å². The summed E-state index contributed by atoms with van der Waals surface area (Å²) in [4.78, 5) is 8.70. The van der Waals surface area contributed by atoms with E-state index in [1.165, 1.54) is 16.8 Å². The standard InChI is InChI=1S/C19H18ClFN4O2/c1-11(2)26-18-16(27-15-6-4-3-5-14(15)21)17(20)25(24-18)19-22-9-13(10-23-19)12-7-8-12/h3-6,9-12H,7-8H2,1-2H3. The lowest BCUT2D eigenvalue weighted by Crippen LogP contribution is -2.08. The molecule has 6 nitrogen and oxygen atoms in total. The largest absolute Gasteiger partial charge is 0.471 e. The molecular weight excluding hydrogens is 371 g/mol. The molecule has 0 amide bonds. The van der Waals surface area contributed by atoms with Crippen LogP contribution in [0.4, 0.5) is 4.39 Å². The number of hydrogen-bond donors (Lipinski definition) is 0. The first-order valence-electron chi connectivity index (χ1n) is 8.73. The second-order valence-corrected chi connectivity index (χ2v) is 6.98. The van der Waals surface area contributed by atoms with Crippen LogP contribution in [-0.2, 0) is 0 Å². The van der Waals surface area contributed by atoms with Crippen molar-refractivity contribution < 1.29 is 13.9 Å². The van der Waals surface area contributed by atoms with Gasteiger partial charge in [-0.25, -0.2) is 14.4 Å². The molecule has 4 rings (SSSR count). The summed E-state index contributed by atoms with van der Waals surface area (Å²) in [6.45, 7) is 3.70.